The third-order valence-corrected chi connectivity index (χ3v) is 2.92. The Morgan fingerprint density at radius 1 is 1.16 bits per heavy atom. The van der Waals surface area contributed by atoms with E-state index in [-0.39, 0.29) is 0 Å². The average molecular weight is 277 g/mol. The number of hydrogen-bond acceptors (Lipinski definition) is 4. The van der Waals surface area contributed by atoms with Crippen LogP contribution in [0.2, 0.25) is 5.02 Å². The van der Waals surface area contributed by atoms with Crippen LogP contribution in [0.3, 0.4) is 0 Å². The van der Waals surface area contributed by atoms with Crippen LogP contribution in [-0.4, -0.2) is 16.5 Å². The van der Waals surface area contributed by atoms with Gasteiger partial charge in [-0.25, -0.2) is 9.97 Å². The predicted octanol–water partition coefficient (Wildman–Crippen LogP) is 4.00. The van der Waals surface area contributed by atoms with Crippen molar-refractivity contribution >= 4 is 28.9 Å². The lowest BCUT2D eigenvalue weighted by molar-refractivity contribution is 0.965. The molecule has 0 aliphatic carbocycles. The molecule has 1 aromatic carbocycles. The maximum absolute atomic E-state index is 6.00. The molecule has 0 radical (unpaired) electrons. The fourth-order valence-electron chi connectivity index (χ4n) is 1.64. The lowest BCUT2D eigenvalue weighted by Crippen LogP contribution is -2.03. The fraction of sp³-hybridized carbons (Fsp3) is 0.286. The number of anilines is 3. The van der Waals surface area contributed by atoms with Gasteiger partial charge in [0.25, 0.3) is 0 Å². The van der Waals surface area contributed by atoms with E-state index in [4.69, 9.17) is 11.6 Å². The van der Waals surface area contributed by atoms with E-state index in [1.54, 1.807) is 6.33 Å². The molecule has 0 aliphatic heterocycles. The van der Waals surface area contributed by atoms with Gasteiger partial charge in [-0.05, 0) is 31.0 Å². The zero-order chi connectivity index (χ0) is 13.7. The van der Waals surface area contributed by atoms with Gasteiger partial charge < -0.3 is 10.6 Å². The Bertz CT molecular complexity index is 557. The lowest BCUT2D eigenvalue weighted by atomic mass is 10.2. The Labute approximate surface area is 118 Å². The number of nitrogens with zero attached hydrogens (tertiary/aromatic N) is 2. The summed E-state index contributed by atoms with van der Waals surface area (Å²) in [7, 11) is 0. The standard InChI is InChI=1S/C14H17ClN4/c1-3-6-16-13-8-14(18-9-17-13)19-12-7-11(15)5-4-10(12)2/h4-5,7-9H,3,6H2,1-2H3,(H2,16,17,18,19). The van der Waals surface area contributed by atoms with Crippen molar-refractivity contribution in [3.8, 4) is 0 Å². The summed E-state index contributed by atoms with van der Waals surface area (Å²) >= 11 is 6.00. The Morgan fingerprint density at radius 2 is 1.95 bits per heavy atom. The topological polar surface area (TPSA) is 49.8 Å². The number of halogens is 1. The van der Waals surface area contributed by atoms with Crippen molar-refractivity contribution in [1.82, 2.24) is 9.97 Å². The van der Waals surface area contributed by atoms with E-state index in [0.717, 1.165) is 35.9 Å². The first-order chi connectivity index (χ1) is 9.19. The molecule has 0 aliphatic rings. The van der Waals surface area contributed by atoms with Gasteiger partial charge in [0.05, 0.1) is 0 Å². The van der Waals surface area contributed by atoms with Crippen LogP contribution in [0.1, 0.15) is 18.9 Å². The first-order valence-electron chi connectivity index (χ1n) is 6.28. The molecule has 0 atom stereocenters. The van der Waals surface area contributed by atoms with E-state index in [1.807, 2.05) is 31.2 Å². The monoisotopic (exact) mass is 276 g/mol. The minimum atomic E-state index is 0.700. The van der Waals surface area contributed by atoms with Gasteiger partial charge in [-0.1, -0.05) is 24.6 Å². The molecule has 19 heavy (non-hydrogen) atoms. The second kappa shape index (κ2) is 6.38. The molecule has 1 aromatic heterocycles. The van der Waals surface area contributed by atoms with Gasteiger partial charge in [-0.3, -0.25) is 0 Å². The molecule has 0 saturated carbocycles. The predicted molar refractivity (Wildman–Crippen MR) is 80.3 cm³/mol. The van der Waals surface area contributed by atoms with E-state index in [2.05, 4.69) is 27.5 Å². The van der Waals surface area contributed by atoms with Crippen LogP contribution >= 0.6 is 11.6 Å². The summed E-state index contributed by atoms with van der Waals surface area (Å²) in [6, 6.07) is 7.62. The van der Waals surface area contributed by atoms with E-state index in [0.29, 0.717) is 5.02 Å². The smallest absolute Gasteiger partial charge is 0.135 e. The van der Waals surface area contributed by atoms with Crippen LogP contribution < -0.4 is 10.6 Å². The van der Waals surface area contributed by atoms with E-state index >= 15 is 0 Å². The second-order valence-corrected chi connectivity index (χ2v) is 4.74. The van der Waals surface area contributed by atoms with E-state index in [1.165, 1.54) is 0 Å². The quantitative estimate of drug-likeness (QED) is 0.866. The van der Waals surface area contributed by atoms with Crippen LogP contribution in [0.5, 0.6) is 0 Å². The third-order valence-electron chi connectivity index (χ3n) is 2.69. The molecule has 0 saturated heterocycles. The summed E-state index contributed by atoms with van der Waals surface area (Å²) in [4.78, 5) is 8.38. The molecule has 0 spiro atoms. The highest BCUT2D eigenvalue weighted by atomic mass is 35.5. The molecule has 2 N–H and O–H groups in total. The summed E-state index contributed by atoms with van der Waals surface area (Å²) < 4.78 is 0. The van der Waals surface area contributed by atoms with Crippen molar-refractivity contribution in [2.75, 3.05) is 17.2 Å². The van der Waals surface area contributed by atoms with E-state index in [9.17, 15) is 0 Å². The van der Waals surface area contributed by atoms with Crippen molar-refractivity contribution in [2.45, 2.75) is 20.3 Å². The Kier molecular flexibility index (Phi) is 4.58. The second-order valence-electron chi connectivity index (χ2n) is 4.30. The van der Waals surface area contributed by atoms with Crippen molar-refractivity contribution in [2.24, 2.45) is 0 Å². The van der Waals surface area contributed by atoms with Gasteiger partial charge in [0.1, 0.15) is 18.0 Å². The van der Waals surface area contributed by atoms with Crippen LogP contribution in [0.4, 0.5) is 17.3 Å². The lowest BCUT2D eigenvalue weighted by Gasteiger charge is -2.10. The highest BCUT2D eigenvalue weighted by Gasteiger charge is 2.02. The Hall–Kier alpha value is -1.81. The van der Waals surface area contributed by atoms with Crippen molar-refractivity contribution in [3.05, 3.63) is 41.2 Å². The molecule has 5 heteroatoms. The number of rotatable bonds is 5. The zero-order valence-electron chi connectivity index (χ0n) is 11.1. The minimum Gasteiger partial charge on any atom is -0.370 e. The zero-order valence-corrected chi connectivity index (χ0v) is 11.8. The van der Waals surface area contributed by atoms with Gasteiger partial charge in [0, 0.05) is 23.3 Å². The molecular weight excluding hydrogens is 260 g/mol. The number of benzene rings is 1. The van der Waals surface area contributed by atoms with Crippen LogP contribution in [0.25, 0.3) is 0 Å². The van der Waals surface area contributed by atoms with Crippen LogP contribution in [-0.2, 0) is 0 Å². The summed E-state index contributed by atoms with van der Waals surface area (Å²) in [5, 5.41) is 7.18. The van der Waals surface area contributed by atoms with Crippen molar-refractivity contribution < 1.29 is 0 Å². The van der Waals surface area contributed by atoms with Crippen LogP contribution in [0, 0.1) is 6.92 Å². The summed E-state index contributed by atoms with van der Waals surface area (Å²) in [5.74, 6) is 1.57. The molecular formula is C14H17ClN4. The first kappa shape index (κ1) is 13.6. The maximum Gasteiger partial charge on any atom is 0.135 e. The van der Waals surface area contributed by atoms with Crippen molar-refractivity contribution in [3.63, 3.8) is 0 Å². The number of aryl methyl sites for hydroxylation is 1. The molecule has 2 aromatic rings. The fourth-order valence-corrected chi connectivity index (χ4v) is 1.81. The average Bonchev–Trinajstić information content (AvgIpc) is 2.41. The SMILES string of the molecule is CCCNc1cc(Nc2cc(Cl)ccc2C)ncn1. The van der Waals surface area contributed by atoms with Gasteiger partial charge in [-0.15, -0.1) is 0 Å². The maximum atomic E-state index is 6.00. The molecule has 2 rings (SSSR count). The molecule has 100 valence electrons. The van der Waals surface area contributed by atoms with Gasteiger partial charge in [0.15, 0.2) is 0 Å². The molecule has 0 amide bonds. The molecule has 4 nitrogen and oxygen atoms in total. The highest BCUT2D eigenvalue weighted by Crippen LogP contribution is 2.23. The Morgan fingerprint density at radius 3 is 2.74 bits per heavy atom. The van der Waals surface area contributed by atoms with Gasteiger partial charge >= 0.3 is 0 Å². The minimum absolute atomic E-state index is 0.700. The molecule has 0 unspecified atom stereocenters. The molecule has 0 fully saturated rings. The summed E-state index contributed by atoms with van der Waals surface area (Å²) in [6.45, 7) is 5.03. The van der Waals surface area contributed by atoms with E-state index < -0.39 is 0 Å². The number of nitrogens with one attached hydrogen (secondary N) is 2. The van der Waals surface area contributed by atoms with Crippen molar-refractivity contribution in [1.29, 1.82) is 0 Å². The summed E-state index contributed by atoms with van der Waals surface area (Å²) in [6.07, 6.45) is 2.60. The molecule has 1 heterocycles. The first-order valence-corrected chi connectivity index (χ1v) is 6.66. The summed E-state index contributed by atoms with van der Waals surface area (Å²) in [5.41, 5.74) is 2.07. The largest absolute Gasteiger partial charge is 0.370 e. The Balaban J connectivity index is 2.16. The van der Waals surface area contributed by atoms with Gasteiger partial charge in [0.2, 0.25) is 0 Å². The molecule has 0 bridgehead atoms. The number of aromatic nitrogens is 2. The van der Waals surface area contributed by atoms with Crippen LogP contribution in [0.15, 0.2) is 30.6 Å². The third kappa shape index (κ3) is 3.83. The highest BCUT2D eigenvalue weighted by molar-refractivity contribution is 6.30. The van der Waals surface area contributed by atoms with Gasteiger partial charge in [-0.2, -0.15) is 0 Å². The normalized spacial score (nSPS) is 10.3. The number of hydrogen-bond donors (Lipinski definition) is 2.